The maximum Gasteiger partial charge on any atom is 0.254 e. The van der Waals surface area contributed by atoms with Gasteiger partial charge in [-0.3, -0.25) is 9.59 Å². The third-order valence-electron chi connectivity index (χ3n) is 6.68. The number of ether oxygens (including phenoxy) is 1. The number of benzene rings is 3. The van der Waals surface area contributed by atoms with Crippen LogP contribution in [0.15, 0.2) is 90.8 Å². The zero-order chi connectivity index (χ0) is 25.1. The summed E-state index contributed by atoms with van der Waals surface area (Å²) in [7, 11) is 1.64. The fourth-order valence-electron chi connectivity index (χ4n) is 4.86. The van der Waals surface area contributed by atoms with Crippen molar-refractivity contribution in [2.45, 2.75) is 12.5 Å². The van der Waals surface area contributed by atoms with Gasteiger partial charge in [0.1, 0.15) is 12.3 Å². The van der Waals surface area contributed by atoms with E-state index < -0.39 is 0 Å². The Bertz CT molecular complexity index is 1410. The van der Waals surface area contributed by atoms with Crippen LogP contribution in [0.25, 0.3) is 10.8 Å². The van der Waals surface area contributed by atoms with E-state index in [9.17, 15) is 9.59 Å². The quantitative estimate of drug-likeness (QED) is 0.308. The van der Waals surface area contributed by atoms with Crippen LogP contribution in [0.3, 0.4) is 0 Å². The van der Waals surface area contributed by atoms with E-state index in [4.69, 9.17) is 4.74 Å². The molecular weight excluding hydrogens is 468 g/mol. The van der Waals surface area contributed by atoms with Gasteiger partial charge in [0.05, 0.1) is 13.2 Å². The lowest BCUT2D eigenvalue weighted by atomic mass is 9.93. The fraction of sp³-hybridized carbons (Fsp3) is 0.200. The van der Waals surface area contributed by atoms with Gasteiger partial charge in [0.15, 0.2) is 0 Å². The van der Waals surface area contributed by atoms with Crippen molar-refractivity contribution in [2.75, 3.05) is 26.7 Å². The predicted molar refractivity (Wildman–Crippen MR) is 145 cm³/mol. The van der Waals surface area contributed by atoms with Crippen molar-refractivity contribution in [2.24, 2.45) is 0 Å². The first-order valence-corrected chi connectivity index (χ1v) is 12.9. The van der Waals surface area contributed by atoms with Crippen molar-refractivity contribution < 1.29 is 14.3 Å². The number of rotatable bonds is 7. The van der Waals surface area contributed by atoms with E-state index >= 15 is 0 Å². The molecule has 4 aromatic rings. The minimum absolute atomic E-state index is 0.0101. The molecule has 0 saturated carbocycles. The number of carbonyl (C=O) groups is 2. The summed E-state index contributed by atoms with van der Waals surface area (Å²) in [4.78, 5) is 32.0. The summed E-state index contributed by atoms with van der Waals surface area (Å²) in [5.74, 6) is 0.517. The molecule has 1 unspecified atom stereocenters. The molecular formula is C30H28N2O3S. The summed E-state index contributed by atoms with van der Waals surface area (Å²) < 4.78 is 5.33. The van der Waals surface area contributed by atoms with Crippen molar-refractivity contribution in [1.29, 1.82) is 0 Å². The summed E-state index contributed by atoms with van der Waals surface area (Å²) in [6, 6.07) is 23.4. The number of hydrogen-bond acceptors (Lipinski definition) is 4. The van der Waals surface area contributed by atoms with Crippen molar-refractivity contribution in [3.63, 3.8) is 0 Å². The molecule has 6 heteroatoms. The number of fused-ring (bicyclic) bond motifs is 2. The van der Waals surface area contributed by atoms with Gasteiger partial charge < -0.3 is 14.5 Å². The first-order chi connectivity index (χ1) is 17.6. The highest BCUT2D eigenvalue weighted by atomic mass is 32.1. The molecule has 0 spiro atoms. The van der Waals surface area contributed by atoms with Crippen LogP contribution in [0.2, 0.25) is 0 Å². The van der Waals surface area contributed by atoms with Crippen molar-refractivity contribution in [3.05, 3.63) is 112 Å². The van der Waals surface area contributed by atoms with E-state index in [2.05, 4.69) is 18.0 Å². The summed E-state index contributed by atoms with van der Waals surface area (Å²) >= 11 is 1.73. The second-order valence-electron chi connectivity index (χ2n) is 8.85. The SMILES string of the molecule is C=CCN(CC(=O)N1CCc2sccc2C1c1ccc(OC)cc1)C(=O)c1ccc2ccccc2c1. The second kappa shape index (κ2) is 10.4. The smallest absolute Gasteiger partial charge is 0.254 e. The van der Waals surface area contributed by atoms with Crippen LogP contribution >= 0.6 is 11.3 Å². The zero-order valence-corrected chi connectivity index (χ0v) is 21.0. The van der Waals surface area contributed by atoms with Gasteiger partial charge in [-0.1, -0.05) is 48.5 Å². The highest BCUT2D eigenvalue weighted by Gasteiger charge is 2.34. The van der Waals surface area contributed by atoms with E-state index in [1.54, 1.807) is 29.4 Å². The summed E-state index contributed by atoms with van der Waals surface area (Å²) in [6.07, 6.45) is 2.48. The second-order valence-corrected chi connectivity index (χ2v) is 9.85. The van der Waals surface area contributed by atoms with E-state index in [1.807, 2.05) is 71.6 Å². The predicted octanol–water partition coefficient (Wildman–Crippen LogP) is 5.71. The van der Waals surface area contributed by atoms with Gasteiger partial charge in [-0.25, -0.2) is 0 Å². The molecule has 2 amide bonds. The van der Waals surface area contributed by atoms with Gasteiger partial charge in [0, 0.05) is 23.5 Å². The van der Waals surface area contributed by atoms with E-state index in [1.165, 1.54) is 4.88 Å². The monoisotopic (exact) mass is 496 g/mol. The van der Waals surface area contributed by atoms with Crippen LogP contribution in [0.5, 0.6) is 5.75 Å². The molecule has 0 radical (unpaired) electrons. The molecule has 5 nitrogen and oxygen atoms in total. The van der Waals surface area contributed by atoms with Crippen LogP contribution in [0.1, 0.15) is 32.4 Å². The van der Waals surface area contributed by atoms with E-state index in [-0.39, 0.29) is 24.4 Å². The number of carbonyl (C=O) groups excluding carboxylic acids is 2. The minimum Gasteiger partial charge on any atom is -0.497 e. The van der Waals surface area contributed by atoms with Crippen molar-refractivity contribution in [3.8, 4) is 5.75 Å². The van der Waals surface area contributed by atoms with Gasteiger partial charge in [-0.15, -0.1) is 17.9 Å². The zero-order valence-electron chi connectivity index (χ0n) is 20.2. The molecule has 0 aliphatic carbocycles. The third kappa shape index (κ3) is 4.64. The normalized spacial score (nSPS) is 14.8. The van der Waals surface area contributed by atoms with Gasteiger partial charge in [0.25, 0.3) is 5.91 Å². The Morgan fingerprint density at radius 1 is 1.08 bits per heavy atom. The van der Waals surface area contributed by atoms with Crippen molar-refractivity contribution >= 4 is 33.9 Å². The fourth-order valence-corrected chi connectivity index (χ4v) is 5.77. The molecule has 1 aliphatic rings. The first kappa shape index (κ1) is 23.8. The summed E-state index contributed by atoms with van der Waals surface area (Å²) in [5, 5.41) is 4.15. The molecule has 1 aromatic heterocycles. The molecule has 1 aliphatic heterocycles. The Labute approximate surface area is 215 Å². The number of nitrogens with zero attached hydrogens (tertiary/aromatic N) is 2. The van der Waals surface area contributed by atoms with Crippen LogP contribution in [-0.4, -0.2) is 48.4 Å². The molecule has 0 N–H and O–H groups in total. The van der Waals surface area contributed by atoms with Gasteiger partial charge in [-0.2, -0.15) is 0 Å². The average Bonchev–Trinajstić information content (AvgIpc) is 3.40. The summed E-state index contributed by atoms with van der Waals surface area (Å²) in [5.41, 5.74) is 2.74. The van der Waals surface area contributed by atoms with Crippen LogP contribution in [0.4, 0.5) is 0 Å². The molecule has 36 heavy (non-hydrogen) atoms. The largest absolute Gasteiger partial charge is 0.497 e. The Balaban J connectivity index is 1.42. The Kier molecular flexibility index (Phi) is 6.87. The molecule has 1 atom stereocenters. The maximum atomic E-state index is 13.7. The lowest BCUT2D eigenvalue weighted by Crippen LogP contribution is -2.46. The molecule has 5 rings (SSSR count). The van der Waals surface area contributed by atoms with Crippen LogP contribution < -0.4 is 4.74 Å². The van der Waals surface area contributed by atoms with Crippen LogP contribution in [-0.2, 0) is 11.2 Å². The van der Waals surface area contributed by atoms with Gasteiger partial charge in [-0.05, 0) is 64.0 Å². The Hall–Kier alpha value is -3.90. The minimum atomic E-state index is -0.195. The molecule has 2 heterocycles. The highest BCUT2D eigenvalue weighted by molar-refractivity contribution is 7.10. The average molecular weight is 497 g/mol. The van der Waals surface area contributed by atoms with Gasteiger partial charge >= 0.3 is 0 Å². The van der Waals surface area contributed by atoms with Crippen LogP contribution in [0, 0.1) is 0 Å². The van der Waals surface area contributed by atoms with E-state index in [0.29, 0.717) is 18.7 Å². The van der Waals surface area contributed by atoms with Crippen molar-refractivity contribution in [1.82, 2.24) is 9.80 Å². The number of amides is 2. The summed E-state index contributed by atoms with van der Waals surface area (Å²) in [6.45, 7) is 4.71. The lowest BCUT2D eigenvalue weighted by Gasteiger charge is -2.37. The number of hydrogen-bond donors (Lipinski definition) is 0. The molecule has 0 saturated heterocycles. The molecule has 0 bridgehead atoms. The Morgan fingerprint density at radius 3 is 2.61 bits per heavy atom. The third-order valence-corrected chi connectivity index (χ3v) is 7.67. The number of methoxy groups -OCH3 is 1. The standard InChI is InChI=1S/C30H28N2O3S/c1-3-16-31(30(34)24-9-8-21-6-4-5-7-23(21)19-24)20-28(33)32-17-14-27-26(15-18-36-27)29(32)22-10-12-25(35-2)13-11-22/h3-13,15,18-19,29H,1,14,16-17,20H2,2H3. The first-order valence-electron chi connectivity index (χ1n) is 12.0. The molecule has 3 aromatic carbocycles. The maximum absolute atomic E-state index is 13.7. The van der Waals surface area contributed by atoms with E-state index in [0.717, 1.165) is 34.1 Å². The lowest BCUT2D eigenvalue weighted by molar-refractivity contribution is -0.133. The molecule has 182 valence electrons. The Morgan fingerprint density at radius 2 is 1.86 bits per heavy atom. The molecule has 0 fully saturated rings. The topological polar surface area (TPSA) is 49.9 Å². The highest BCUT2D eigenvalue weighted by Crippen LogP contribution is 2.38. The van der Waals surface area contributed by atoms with Gasteiger partial charge in [0.2, 0.25) is 5.91 Å². The number of thiophene rings is 1.